The Kier molecular flexibility index (Phi) is 5.07. The van der Waals surface area contributed by atoms with Gasteiger partial charge in [0.15, 0.2) is 5.58 Å². The van der Waals surface area contributed by atoms with E-state index >= 15 is 0 Å². The summed E-state index contributed by atoms with van der Waals surface area (Å²) in [5, 5.41) is 8.96. The fourth-order valence-electron chi connectivity index (χ4n) is 3.69. The van der Waals surface area contributed by atoms with Gasteiger partial charge in [-0.25, -0.2) is 0 Å². The van der Waals surface area contributed by atoms with Crippen LogP contribution in [0.4, 0.5) is 0 Å². The van der Waals surface area contributed by atoms with Crippen LogP contribution in [-0.2, 0) is 6.42 Å². The molecule has 1 N–H and O–H groups in total. The standard InChI is InChI=1S/C21H28N2O2/c1-2-3-18-20(24-14-16-4-5-16)9-7-17-19(23-25-21(17)18)8-6-15-10-12-22-13-11-15/h2-3,7,9,15-16,22H,4-6,8,10-14H2,1H3/b3-2-. The van der Waals surface area contributed by atoms with Crippen LogP contribution in [0.1, 0.15) is 50.3 Å². The van der Waals surface area contributed by atoms with E-state index in [2.05, 4.69) is 28.7 Å². The third kappa shape index (κ3) is 3.90. The van der Waals surface area contributed by atoms with Gasteiger partial charge >= 0.3 is 0 Å². The fraction of sp³-hybridized carbons (Fsp3) is 0.571. The number of rotatable bonds is 7. The monoisotopic (exact) mass is 340 g/mol. The Labute approximate surface area is 149 Å². The van der Waals surface area contributed by atoms with Gasteiger partial charge in [0.25, 0.3) is 0 Å². The molecule has 0 radical (unpaired) electrons. The van der Waals surface area contributed by atoms with Gasteiger partial charge in [-0.15, -0.1) is 0 Å². The molecular formula is C21H28N2O2. The van der Waals surface area contributed by atoms with Gasteiger partial charge in [0, 0.05) is 5.39 Å². The molecule has 1 saturated heterocycles. The van der Waals surface area contributed by atoms with Crippen LogP contribution in [0.25, 0.3) is 17.0 Å². The maximum Gasteiger partial charge on any atom is 0.178 e. The first kappa shape index (κ1) is 16.6. The highest BCUT2D eigenvalue weighted by Crippen LogP contribution is 2.35. The highest BCUT2D eigenvalue weighted by Gasteiger charge is 2.23. The summed E-state index contributed by atoms with van der Waals surface area (Å²) in [4.78, 5) is 0. The molecule has 1 saturated carbocycles. The van der Waals surface area contributed by atoms with E-state index in [1.54, 1.807) is 0 Å². The van der Waals surface area contributed by atoms with Crippen molar-refractivity contribution in [1.29, 1.82) is 0 Å². The van der Waals surface area contributed by atoms with Crippen molar-refractivity contribution in [2.75, 3.05) is 19.7 Å². The minimum atomic E-state index is 0.740. The molecule has 4 rings (SSSR count). The molecule has 0 bridgehead atoms. The molecule has 0 amide bonds. The summed E-state index contributed by atoms with van der Waals surface area (Å²) in [5.41, 5.74) is 2.99. The lowest BCUT2D eigenvalue weighted by Gasteiger charge is -2.21. The molecule has 25 heavy (non-hydrogen) atoms. The van der Waals surface area contributed by atoms with E-state index in [9.17, 15) is 0 Å². The zero-order valence-electron chi connectivity index (χ0n) is 15.1. The van der Waals surface area contributed by atoms with E-state index in [1.165, 1.54) is 32.1 Å². The molecule has 1 aromatic heterocycles. The molecule has 0 spiro atoms. The van der Waals surface area contributed by atoms with E-state index in [0.717, 1.165) is 65.9 Å². The number of nitrogens with zero attached hydrogens (tertiary/aromatic N) is 1. The predicted octanol–water partition coefficient (Wildman–Crippen LogP) is 4.58. The van der Waals surface area contributed by atoms with Gasteiger partial charge < -0.3 is 14.6 Å². The number of aromatic nitrogens is 1. The molecule has 2 fully saturated rings. The van der Waals surface area contributed by atoms with Gasteiger partial charge in [-0.1, -0.05) is 17.3 Å². The molecule has 4 nitrogen and oxygen atoms in total. The Morgan fingerprint density at radius 1 is 1.20 bits per heavy atom. The van der Waals surface area contributed by atoms with Crippen LogP contribution in [0.15, 0.2) is 22.7 Å². The second kappa shape index (κ2) is 7.61. The summed E-state index contributed by atoms with van der Waals surface area (Å²) in [6.07, 6.45) is 11.5. The van der Waals surface area contributed by atoms with E-state index in [0.29, 0.717) is 0 Å². The Morgan fingerprint density at radius 3 is 2.80 bits per heavy atom. The zero-order chi connectivity index (χ0) is 17.1. The number of ether oxygens (including phenoxy) is 1. The highest BCUT2D eigenvalue weighted by molar-refractivity contribution is 5.90. The largest absolute Gasteiger partial charge is 0.493 e. The van der Waals surface area contributed by atoms with Crippen LogP contribution >= 0.6 is 0 Å². The van der Waals surface area contributed by atoms with Crippen LogP contribution in [0, 0.1) is 11.8 Å². The third-order valence-corrected chi connectivity index (χ3v) is 5.47. The van der Waals surface area contributed by atoms with Crippen molar-refractivity contribution < 1.29 is 9.26 Å². The Bertz CT molecular complexity index is 740. The van der Waals surface area contributed by atoms with Crippen LogP contribution in [0.5, 0.6) is 5.75 Å². The number of allylic oxidation sites excluding steroid dienone is 1. The number of benzene rings is 1. The average Bonchev–Trinajstić information content (AvgIpc) is 3.39. The fourth-order valence-corrected chi connectivity index (χ4v) is 3.69. The molecule has 1 aliphatic heterocycles. The molecule has 134 valence electrons. The maximum atomic E-state index is 6.04. The van der Waals surface area contributed by atoms with Crippen molar-refractivity contribution in [2.45, 2.75) is 45.4 Å². The minimum absolute atomic E-state index is 0.740. The summed E-state index contributed by atoms with van der Waals surface area (Å²) in [5.74, 6) is 2.46. The van der Waals surface area contributed by atoms with Crippen molar-refractivity contribution in [1.82, 2.24) is 10.5 Å². The molecule has 0 atom stereocenters. The lowest BCUT2D eigenvalue weighted by molar-refractivity contribution is 0.299. The van der Waals surface area contributed by atoms with Crippen molar-refractivity contribution >= 4 is 17.0 Å². The Morgan fingerprint density at radius 2 is 2.04 bits per heavy atom. The van der Waals surface area contributed by atoms with Gasteiger partial charge in [0.2, 0.25) is 0 Å². The van der Waals surface area contributed by atoms with Crippen molar-refractivity contribution in [2.24, 2.45) is 11.8 Å². The number of nitrogens with one attached hydrogen (secondary N) is 1. The number of hydrogen-bond acceptors (Lipinski definition) is 4. The number of piperidine rings is 1. The molecule has 0 unspecified atom stereocenters. The first-order chi connectivity index (χ1) is 12.3. The zero-order valence-corrected chi connectivity index (χ0v) is 15.1. The Hall–Kier alpha value is -1.81. The molecule has 4 heteroatoms. The van der Waals surface area contributed by atoms with Gasteiger partial charge in [-0.2, -0.15) is 0 Å². The SMILES string of the molecule is C/C=C\c1c(OCC2CC2)ccc2c(CCC3CCNCC3)noc12. The summed E-state index contributed by atoms with van der Waals surface area (Å²) in [6.45, 7) is 5.14. The van der Waals surface area contributed by atoms with Crippen molar-refractivity contribution in [3.05, 3.63) is 29.5 Å². The van der Waals surface area contributed by atoms with Crippen LogP contribution in [-0.4, -0.2) is 24.9 Å². The first-order valence-corrected chi connectivity index (χ1v) is 9.72. The highest BCUT2D eigenvalue weighted by atomic mass is 16.5. The van der Waals surface area contributed by atoms with Crippen LogP contribution in [0.2, 0.25) is 0 Å². The summed E-state index contributed by atoms with van der Waals surface area (Å²) < 4.78 is 11.8. The summed E-state index contributed by atoms with van der Waals surface area (Å²) in [7, 11) is 0. The molecular weight excluding hydrogens is 312 g/mol. The van der Waals surface area contributed by atoms with Crippen LogP contribution < -0.4 is 10.1 Å². The lowest BCUT2D eigenvalue weighted by atomic mass is 9.92. The predicted molar refractivity (Wildman–Crippen MR) is 101 cm³/mol. The second-order valence-corrected chi connectivity index (χ2v) is 7.47. The van der Waals surface area contributed by atoms with E-state index in [-0.39, 0.29) is 0 Å². The Balaban J connectivity index is 1.53. The first-order valence-electron chi connectivity index (χ1n) is 9.72. The molecule has 2 aromatic rings. The number of aryl methyl sites for hydroxylation is 1. The average molecular weight is 340 g/mol. The molecule has 1 aromatic carbocycles. The minimum Gasteiger partial charge on any atom is -0.493 e. The van der Waals surface area contributed by atoms with Gasteiger partial charge in [0.1, 0.15) is 5.75 Å². The van der Waals surface area contributed by atoms with Crippen molar-refractivity contribution in [3.63, 3.8) is 0 Å². The molecule has 1 aliphatic carbocycles. The number of fused-ring (bicyclic) bond motifs is 1. The van der Waals surface area contributed by atoms with Gasteiger partial charge in [0.05, 0.1) is 17.9 Å². The van der Waals surface area contributed by atoms with E-state index in [4.69, 9.17) is 9.26 Å². The summed E-state index contributed by atoms with van der Waals surface area (Å²) in [6, 6.07) is 4.21. The smallest absolute Gasteiger partial charge is 0.178 e. The number of hydrogen-bond donors (Lipinski definition) is 1. The quantitative estimate of drug-likeness (QED) is 0.801. The molecule has 2 heterocycles. The van der Waals surface area contributed by atoms with E-state index < -0.39 is 0 Å². The summed E-state index contributed by atoms with van der Waals surface area (Å²) >= 11 is 0. The maximum absolute atomic E-state index is 6.04. The van der Waals surface area contributed by atoms with Gasteiger partial charge in [-0.05, 0) is 82.5 Å². The van der Waals surface area contributed by atoms with E-state index in [1.807, 2.05) is 13.0 Å². The van der Waals surface area contributed by atoms with Crippen molar-refractivity contribution in [3.8, 4) is 5.75 Å². The second-order valence-electron chi connectivity index (χ2n) is 7.47. The normalized spacial score (nSPS) is 19.1. The van der Waals surface area contributed by atoms with Gasteiger partial charge in [-0.3, -0.25) is 0 Å². The van der Waals surface area contributed by atoms with Crippen LogP contribution in [0.3, 0.4) is 0 Å². The topological polar surface area (TPSA) is 47.3 Å². The third-order valence-electron chi connectivity index (χ3n) is 5.47. The lowest BCUT2D eigenvalue weighted by Crippen LogP contribution is -2.27. The molecule has 2 aliphatic rings.